The van der Waals surface area contributed by atoms with Crippen molar-refractivity contribution in [1.29, 1.82) is 0 Å². The van der Waals surface area contributed by atoms with Crippen LogP contribution in [0.3, 0.4) is 0 Å². The van der Waals surface area contributed by atoms with E-state index in [-0.39, 0.29) is 0 Å². The van der Waals surface area contributed by atoms with E-state index >= 15 is 0 Å². The van der Waals surface area contributed by atoms with Crippen molar-refractivity contribution in [2.45, 2.75) is 32.6 Å². The summed E-state index contributed by atoms with van der Waals surface area (Å²) in [6.07, 6.45) is 5.10. The third-order valence-corrected chi connectivity index (χ3v) is 2.56. The Hall–Kier alpha value is -1.61. The van der Waals surface area contributed by atoms with Crippen LogP contribution >= 0.6 is 0 Å². The summed E-state index contributed by atoms with van der Waals surface area (Å²) in [6.45, 7) is 5.85. The predicted octanol–water partition coefficient (Wildman–Crippen LogP) is 3.23. The molecule has 0 aliphatic rings. The van der Waals surface area contributed by atoms with Gasteiger partial charge in [0.25, 0.3) is 0 Å². The van der Waals surface area contributed by atoms with Crippen LogP contribution in [0.4, 0.5) is 0 Å². The van der Waals surface area contributed by atoms with Gasteiger partial charge in [-0.3, -0.25) is 4.89 Å². The van der Waals surface area contributed by atoms with Gasteiger partial charge in [-0.1, -0.05) is 44.2 Å². The third kappa shape index (κ3) is 5.64. The quantitative estimate of drug-likeness (QED) is 0.307. The fraction of sp³-hybridized carbons (Fsp3) is 0.400. The van der Waals surface area contributed by atoms with E-state index in [0.717, 1.165) is 25.3 Å². The largest absolute Gasteiger partial charge is 0.365 e. The lowest BCUT2D eigenvalue weighted by atomic mass is 10.1. The van der Waals surface area contributed by atoms with Crippen molar-refractivity contribution in [3.05, 3.63) is 48.0 Å². The maximum atomic E-state index is 10.7. The van der Waals surface area contributed by atoms with Crippen LogP contribution in [0.1, 0.15) is 30.9 Å². The first-order valence-corrected chi connectivity index (χ1v) is 6.30. The molecule has 0 aromatic heterocycles. The highest BCUT2D eigenvalue weighted by Gasteiger charge is 1.98. The zero-order valence-corrected chi connectivity index (χ0v) is 10.9. The van der Waals surface area contributed by atoms with Crippen LogP contribution in [0.2, 0.25) is 0 Å². The molecule has 0 bridgehead atoms. The van der Waals surface area contributed by atoms with E-state index in [2.05, 4.69) is 42.7 Å². The average Bonchev–Trinajstić information content (AvgIpc) is 2.40. The second kappa shape index (κ2) is 8.48. The van der Waals surface area contributed by atoms with E-state index in [9.17, 15) is 4.79 Å². The highest BCUT2D eigenvalue weighted by atomic mass is 17.2. The van der Waals surface area contributed by atoms with Gasteiger partial charge in [0, 0.05) is 6.08 Å². The van der Waals surface area contributed by atoms with E-state index in [1.165, 1.54) is 17.5 Å². The van der Waals surface area contributed by atoms with E-state index in [4.69, 9.17) is 4.89 Å². The highest BCUT2D eigenvalue weighted by molar-refractivity contribution is 5.80. The Bertz CT molecular complexity index is 368. The lowest BCUT2D eigenvalue weighted by molar-refractivity contribution is -0.267. The monoisotopic (exact) mass is 248 g/mol. The standard InChI is InChI=1S/C15H20O3/c1-3-6-13-8-10-14(11-9-13)7-5-12-17-18-15(16)4-2/h4,8-11H,2-3,5-7,12H2,1H3. The third-order valence-electron chi connectivity index (χ3n) is 2.56. The smallest absolute Gasteiger partial charge is 0.294 e. The van der Waals surface area contributed by atoms with Crippen LogP contribution in [0.5, 0.6) is 0 Å². The summed E-state index contributed by atoms with van der Waals surface area (Å²) in [5.41, 5.74) is 2.64. The Morgan fingerprint density at radius 3 is 2.39 bits per heavy atom. The summed E-state index contributed by atoms with van der Waals surface area (Å²) < 4.78 is 0. The van der Waals surface area contributed by atoms with Crippen molar-refractivity contribution in [2.75, 3.05) is 6.61 Å². The summed E-state index contributed by atoms with van der Waals surface area (Å²) in [5.74, 6) is -0.557. The zero-order chi connectivity index (χ0) is 13.2. The van der Waals surface area contributed by atoms with Crippen LogP contribution in [0, 0.1) is 0 Å². The minimum atomic E-state index is -0.557. The number of benzene rings is 1. The molecule has 0 saturated heterocycles. The van der Waals surface area contributed by atoms with Gasteiger partial charge in [-0.25, -0.2) is 4.79 Å². The molecule has 0 radical (unpaired) electrons. The molecule has 0 aliphatic heterocycles. The molecule has 0 unspecified atom stereocenters. The molecular weight excluding hydrogens is 228 g/mol. The van der Waals surface area contributed by atoms with Crippen LogP contribution in [0.25, 0.3) is 0 Å². The first-order chi connectivity index (χ1) is 8.76. The van der Waals surface area contributed by atoms with Gasteiger partial charge in [0.05, 0.1) is 6.61 Å². The fourth-order valence-electron chi connectivity index (χ4n) is 1.63. The van der Waals surface area contributed by atoms with E-state index in [1.807, 2.05) is 0 Å². The van der Waals surface area contributed by atoms with Gasteiger partial charge in [-0.15, -0.1) is 0 Å². The first kappa shape index (κ1) is 14.5. The van der Waals surface area contributed by atoms with Crippen molar-refractivity contribution in [2.24, 2.45) is 0 Å². The Kier molecular flexibility index (Phi) is 6.81. The number of aryl methyl sites for hydroxylation is 2. The summed E-state index contributed by atoms with van der Waals surface area (Å²) in [6, 6.07) is 8.61. The van der Waals surface area contributed by atoms with Crippen molar-refractivity contribution in [3.63, 3.8) is 0 Å². The van der Waals surface area contributed by atoms with Crippen LogP contribution in [-0.4, -0.2) is 12.6 Å². The normalized spacial score (nSPS) is 10.1. The van der Waals surface area contributed by atoms with Crippen LogP contribution in [0.15, 0.2) is 36.9 Å². The van der Waals surface area contributed by atoms with E-state index in [0.29, 0.717) is 6.61 Å². The molecule has 3 heteroatoms. The topological polar surface area (TPSA) is 35.5 Å². The van der Waals surface area contributed by atoms with Crippen molar-refractivity contribution in [1.82, 2.24) is 0 Å². The Morgan fingerprint density at radius 2 is 1.83 bits per heavy atom. The van der Waals surface area contributed by atoms with Gasteiger partial charge in [0.1, 0.15) is 0 Å². The molecule has 0 spiro atoms. The zero-order valence-electron chi connectivity index (χ0n) is 10.9. The highest BCUT2D eigenvalue weighted by Crippen LogP contribution is 2.08. The van der Waals surface area contributed by atoms with Gasteiger partial charge < -0.3 is 0 Å². The Morgan fingerprint density at radius 1 is 1.22 bits per heavy atom. The number of rotatable bonds is 8. The lowest BCUT2D eigenvalue weighted by Gasteiger charge is -2.04. The van der Waals surface area contributed by atoms with Gasteiger partial charge in [0.2, 0.25) is 0 Å². The second-order valence-corrected chi connectivity index (χ2v) is 4.10. The van der Waals surface area contributed by atoms with Gasteiger partial charge in [-0.05, 0) is 30.4 Å². The number of carbonyl (C=O) groups is 1. The molecule has 98 valence electrons. The SMILES string of the molecule is C=CC(=O)OOCCCc1ccc(CCC)cc1. The van der Waals surface area contributed by atoms with Crippen LogP contribution in [-0.2, 0) is 27.4 Å². The average molecular weight is 248 g/mol. The second-order valence-electron chi connectivity index (χ2n) is 4.10. The van der Waals surface area contributed by atoms with Crippen molar-refractivity contribution >= 4 is 5.97 Å². The molecule has 18 heavy (non-hydrogen) atoms. The first-order valence-electron chi connectivity index (χ1n) is 6.30. The minimum Gasteiger partial charge on any atom is -0.294 e. The summed E-state index contributed by atoms with van der Waals surface area (Å²) >= 11 is 0. The molecule has 1 aromatic carbocycles. The maximum Gasteiger partial charge on any atom is 0.365 e. The Labute approximate surface area is 108 Å². The van der Waals surface area contributed by atoms with Gasteiger partial charge >= 0.3 is 5.97 Å². The molecule has 0 fully saturated rings. The molecule has 0 amide bonds. The Balaban J connectivity index is 2.19. The maximum absolute atomic E-state index is 10.7. The number of carbonyl (C=O) groups excluding carboxylic acids is 1. The molecule has 0 N–H and O–H groups in total. The number of hydrogen-bond acceptors (Lipinski definition) is 3. The minimum absolute atomic E-state index is 0.399. The molecule has 0 saturated carbocycles. The van der Waals surface area contributed by atoms with Crippen molar-refractivity contribution < 1.29 is 14.6 Å². The van der Waals surface area contributed by atoms with Gasteiger partial charge in [0.15, 0.2) is 0 Å². The summed E-state index contributed by atoms with van der Waals surface area (Å²) in [4.78, 5) is 19.9. The van der Waals surface area contributed by atoms with Gasteiger partial charge in [-0.2, -0.15) is 4.89 Å². The molecular formula is C15H20O3. The van der Waals surface area contributed by atoms with E-state index in [1.54, 1.807) is 0 Å². The summed E-state index contributed by atoms with van der Waals surface area (Å²) in [7, 11) is 0. The summed E-state index contributed by atoms with van der Waals surface area (Å²) in [5, 5.41) is 0. The molecule has 0 heterocycles. The van der Waals surface area contributed by atoms with E-state index < -0.39 is 5.97 Å². The molecule has 0 aliphatic carbocycles. The molecule has 0 atom stereocenters. The van der Waals surface area contributed by atoms with Crippen LogP contribution < -0.4 is 0 Å². The molecule has 3 nitrogen and oxygen atoms in total. The fourth-order valence-corrected chi connectivity index (χ4v) is 1.63. The van der Waals surface area contributed by atoms with Crippen molar-refractivity contribution in [3.8, 4) is 0 Å². The number of hydrogen-bond donors (Lipinski definition) is 0. The predicted molar refractivity (Wildman–Crippen MR) is 71.0 cm³/mol. The molecule has 1 rings (SSSR count). The lowest BCUT2D eigenvalue weighted by Crippen LogP contribution is -2.03. The molecule has 1 aromatic rings.